The number of nitrogens with one attached hydrogen (secondary N) is 1. The molecule has 4 nitrogen and oxygen atoms in total. The topological polar surface area (TPSA) is 49.4 Å². The molecule has 0 saturated heterocycles. The molecule has 3 aliphatic rings. The first-order chi connectivity index (χ1) is 10.1. The van der Waals surface area contributed by atoms with Gasteiger partial charge in [-0.25, -0.2) is 8.42 Å². The minimum Gasteiger partial charge on any atom is -0.310 e. The van der Waals surface area contributed by atoms with Crippen molar-refractivity contribution >= 4 is 21.4 Å². The van der Waals surface area contributed by atoms with Crippen molar-refractivity contribution < 1.29 is 8.42 Å². The van der Waals surface area contributed by atoms with E-state index in [2.05, 4.69) is 5.32 Å². The van der Waals surface area contributed by atoms with Gasteiger partial charge in [-0.1, -0.05) is 0 Å². The smallest absolute Gasteiger partial charge is 0.252 e. The zero-order valence-electron chi connectivity index (χ0n) is 12.1. The summed E-state index contributed by atoms with van der Waals surface area (Å²) < 4.78 is 28.0. The summed E-state index contributed by atoms with van der Waals surface area (Å²) in [5.41, 5.74) is 1.10. The Bertz CT molecular complexity index is 613. The summed E-state index contributed by atoms with van der Waals surface area (Å²) >= 11 is 1.38. The number of sulfonamides is 1. The Morgan fingerprint density at radius 1 is 1.19 bits per heavy atom. The number of hydrogen-bond donors (Lipinski definition) is 1. The number of hydrogen-bond acceptors (Lipinski definition) is 4. The van der Waals surface area contributed by atoms with Crippen LogP contribution in [0.2, 0.25) is 0 Å². The molecule has 3 aliphatic carbocycles. The molecule has 0 aromatic carbocycles. The summed E-state index contributed by atoms with van der Waals surface area (Å²) in [7, 11) is -3.27. The molecule has 1 aromatic heterocycles. The zero-order chi connectivity index (χ0) is 14.4. The van der Waals surface area contributed by atoms with Gasteiger partial charge in [0.15, 0.2) is 0 Å². The maximum absolute atomic E-state index is 12.9. The van der Waals surface area contributed by atoms with E-state index in [-0.39, 0.29) is 6.04 Å². The SMILES string of the molecule is O=S(=O)(c1cc(CNC2CC2)cs1)N(CC1CC1)C1CC1. The summed E-state index contributed by atoms with van der Waals surface area (Å²) in [5, 5.41) is 5.43. The lowest BCUT2D eigenvalue weighted by Gasteiger charge is -2.20. The van der Waals surface area contributed by atoms with E-state index in [1.165, 1.54) is 37.0 Å². The second-order valence-electron chi connectivity index (χ2n) is 6.68. The van der Waals surface area contributed by atoms with Crippen molar-refractivity contribution in [2.75, 3.05) is 6.54 Å². The van der Waals surface area contributed by atoms with Crippen LogP contribution in [0, 0.1) is 5.92 Å². The molecule has 0 amide bonds. The van der Waals surface area contributed by atoms with E-state index in [1.54, 1.807) is 4.31 Å². The van der Waals surface area contributed by atoms with Gasteiger partial charge >= 0.3 is 0 Å². The van der Waals surface area contributed by atoms with Crippen LogP contribution in [-0.4, -0.2) is 31.4 Å². The molecule has 0 aliphatic heterocycles. The maximum atomic E-state index is 12.9. The largest absolute Gasteiger partial charge is 0.310 e. The van der Waals surface area contributed by atoms with Crippen molar-refractivity contribution in [2.45, 2.75) is 61.4 Å². The molecule has 0 unspecified atom stereocenters. The van der Waals surface area contributed by atoms with Crippen molar-refractivity contribution in [2.24, 2.45) is 5.92 Å². The lowest BCUT2D eigenvalue weighted by molar-refractivity contribution is 0.390. The fraction of sp³-hybridized carbons (Fsp3) is 0.733. The van der Waals surface area contributed by atoms with E-state index in [0.717, 1.165) is 31.5 Å². The first kappa shape index (κ1) is 14.2. The van der Waals surface area contributed by atoms with Gasteiger partial charge in [0.2, 0.25) is 0 Å². The minimum absolute atomic E-state index is 0.269. The molecular formula is C15H22N2O2S2. The van der Waals surface area contributed by atoms with E-state index >= 15 is 0 Å². The molecule has 0 radical (unpaired) electrons. The Morgan fingerprint density at radius 2 is 1.95 bits per heavy atom. The summed E-state index contributed by atoms with van der Waals surface area (Å²) in [4.78, 5) is 0. The van der Waals surface area contributed by atoms with Crippen LogP contribution in [0.4, 0.5) is 0 Å². The van der Waals surface area contributed by atoms with E-state index in [4.69, 9.17) is 0 Å². The van der Waals surface area contributed by atoms with Crippen LogP contribution >= 0.6 is 11.3 Å². The van der Waals surface area contributed by atoms with Crippen LogP contribution < -0.4 is 5.32 Å². The lowest BCUT2D eigenvalue weighted by Crippen LogP contribution is -2.34. The van der Waals surface area contributed by atoms with Crippen LogP contribution in [0.5, 0.6) is 0 Å². The lowest BCUT2D eigenvalue weighted by atomic mass is 10.3. The third kappa shape index (κ3) is 3.33. The third-order valence-corrected chi connectivity index (χ3v) is 7.84. The molecule has 4 rings (SSSR count). The highest BCUT2D eigenvalue weighted by Crippen LogP contribution is 2.39. The standard InChI is InChI=1S/C15H22N2O2S2/c18-21(19,17(14-5-6-14)9-11-1-2-11)15-7-12(10-20-15)8-16-13-3-4-13/h7,10-11,13-14,16H,1-6,8-9H2. The molecule has 0 atom stereocenters. The van der Waals surface area contributed by atoms with Crippen LogP contribution in [0.15, 0.2) is 15.7 Å². The molecule has 3 fully saturated rings. The molecule has 1 N–H and O–H groups in total. The average Bonchev–Trinajstić information content (AvgIpc) is 3.30. The van der Waals surface area contributed by atoms with Crippen LogP contribution in [-0.2, 0) is 16.6 Å². The normalized spacial score (nSPS) is 22.9. The maximum Gasteiger partial charge on any atom is 0.252 e. The number of nitrogens with zero attached hydrogens (tertiary/aromatic N) is 1. The van der Waals surface area contributed by atoms with E-state index in [0.29, 0.717) is 16.2 Å². The van der Waals surface area contributed by atoms with Gasteiger partial charge in [0, 0.05) is 25.2 Å². The molecule has 21 heavy (non-hydrogen) atoms. The highest BCUT2D eigenvalue weighted by atomic mass is 32.2. The monoisotopic (exact) mass is 326 g/mol. The Hall–Kier alpha value is -0.430. The van der Waals surface area contributed by atoms with Gasteiger partial charge in [-0.15, -0.1) is 11.3 Å². The van der Waals surface area contributed by atoms with Crippen molar-refractivity contribution in [3.05, 3.63) is 17.0 Å². The molecular weight excluding hydrogens is 304 g/mol. The van der Waals surface area contributed by atoms with E-state index in [9.17, 15) is 8.42 Å². The Kier molecular flexibility index (Phi) is 3.60. The number of rotatable bonds is 8. The van der Waals surface area contributed by atoms with Gasteiger partial charge in [0.25, 0.3) is 10.0 Å². The van der Waals surface area contributed by atoms with Crippen molar-refractivity contribution in [1.29, 1.82) is 0 Å². The summed E-state index contributed by atoms with van der Waals surface area (Å²) in [6.45, 7) is 1.53. The van der Waals surface area contributed by atoms with Gasteiger partial charge < -0.3 is 5.32 Å². The molecule has 0 spiro atoms. The van der Waals surface area contributed by atoms with Gasteiger partial charge in [-0.05, 0) is 61.5 Å². The van der Waals surface area contributed by atoms with Gasteiger partial charge in [-0.3, -0.25) is 0 Å². The highest BCUT2D eigenvalue weighted by Gasteiger charge is 2.41. The molecule has 6 heteroatoms. The first-order valence-electron chi connectivity index (χ1n) is 7.95. The average molecular weight is 326 g/mol. The second kappa shape index (κ2) is 5.33. The van der Waals surface area contributed by atoms with Gasteiger partial charge in [-0.2, -0.15) is 4.31 Å². The summed E-state index contributed by atoms with van der Waals surface area (Å²) in [6.07, 6.45) is 6.97. The number of thiophene rings is 1. The van der Waals surface area contributed by atoms with Crippen molar-refractivity contribution in [3.8, 4) is 0 Å². The first-order valence-corrected chi connectivity index (χ1v) is 10.3. The Morgan fingerprint density at radius 3 is 2.57 bits per heavy atom. The quantitative estimate of drug-likeness (QED) is 0.799. The second-order valence-corrected chi connectivity index (χ2v) is 9.71. The van der Waals surface area contributed by atoms with Crippen molar-refractivity contribution in [3.63, 3.8) is 0 Å². The van der Waals surface area contributed by atoms with Gasteiger partial charge in [0.1, 0.15) is 4.21 Å². The Labute approximate surface area is 130 Å². The fourth-order valence-corrected chi connectivity index (χ4v) is 5.71. The van der Waals surface area contributed by atoms with E-state index in [1.807, 2.05) is 11.4 Å². The highest BCUT2D eigenvalue weighted by molar-refractivity contribution is 7.91. The molecule has 1 heterocycles. The fourth-order valence-electron chi connectivity index (χ4n) is 2.61. The van der Waals surface area contributed by atoms with Gasteiger partial charge in [0.05, 0.1) is 0 Å². The van der Waals surface area contributed by atoms with Crippen LogP contribution in [0.3, 0.4) is 0 Å². The molecule has 116 valence electrons. The summed E-state index contributed by atoms with van der Waals surface area (Å²) in [6, 6.07) is 2.80. The summed E-state index contributed by atoms with van der Waals surface area (Å²) in [5.74, 6) is 0.608. The minimum atomic E-state index is -3.27. The zero-order valence-corrected chi connectivity index (χ0v) is 13.8. The van der Waals surface area contributed by atoms with Crippen LogP contribution in [0.25, 0.3) is 0 Å². The van der Waals surface area contributed by atoms with Crippen LogP contribution in [0.1, 0.15) is 44.1 Å². The van der Waals surface area contributed by atoms with Crippen molar-refractivity contribution in [1.82, 2.24) is 9.62 Å². The molecule has 1 aromatic rings. The molecule has 3 saturated carbocycles. The third-order valence-electron chi connectivity index (χ3n) is 4.45. The van der Waals surface area contributed by atoms with E-state index < -0.39 is 10.0 Å². The predicted molar refractivity (Wildman–Crippen MR) is 83.8 cm³/mol. The Balaban J connectivity index is 1.48. The predicted octanol–water partition coefficient (Wildman–Crippen LogP) is 2.56. The molecule has 0 bridgehead atoms.